The lowest BCUT2D eigenvalue weighted by Crippen LogP contribution is -2.41. The largest absolute Gasteiger partial charge is 0.457 e. The van der Waals surface area contributed by atoms with Crippen LogP contribution < -0.4 is 10.1 Å². The maximum Gasteiger partial charge on any atom is 0.416 e. The van der Waals surface area contributed by atoms with Crippen molar-refractivity contribution in [3.05, 3.63) is 95.1 Å². The third-order valence-corrected chi connectivity index (χ3v) is 5.53. The second-order valence-corrected chi connectivity index (χ2v) is 7.89. The normalized spacial score (nSPS) is 20.5. The Labute approximate surface area is 196 Å². The Morgan fingerprint density at radius 2 is 1.51 bits per heavy atom. The van der Waals surface area contributed by atoms with Gasteiger partial charge in [-0.25, -0.2) is 0 Å². The van der Waals surface area contributed by atoms with Crippen molar-refractivity contribution in [1.82, 2.24) is 5.32 Å². The zero-order valence-corrected chi connectivity index (χ0v) is 18.2. The number of benzene rings is 3. The maximum atomic E-state index is 13.5. The number of carbonyl (C=O) groups excluding carboxylic acids is 1. The van der Waals surface area contributed by atoms with Crippen molar-refractivity contribution in [3.8, 4) is 11.5 Å². The highest BCUT2D eigenvalue weighted by atomic mass is 19.4. The first-order chi connectivity index (χ1) is 16.4. The van der Waals surface area contributed by atoms with Gasteiger partial charge in [0.1, 0.15) is 17.6 Å². The lowest BCUT2D eigenvalue weighted by atomic mass is 9.92. The molecule has 3 aromatic carbocycles. The Morgan fingerprint density at radius 1 is 0.886 bits per heavy atom. The molecule has 1 saturated heterocycles. The molecule has 2 atom stereocenters. The fourth-order valence-electron chi connectivity index (χ4n) is 3.87. The molecule has 0 aromatic heterocycles. The van der Waals surface area contributed by atoms with Gasteiger partial charge in [-0.2, -0.15) is 26.3 Å². The van der Waals surface area contributed by atoms with Crippen LogP contribution in [0.3, 0.4) is 0 Å². The summed E-state index contributed by atoms with van der Waals surface area (Å²) in [5.74, 6) is -0.692. The number of rotatable bonds is 5. The molecule has 1 aliphatic rings. The van der Waals surface area contributed by atoms with Crippen LogP contribution in [-0.2, 0) is 27.6 Å². The smallest absolute Gasteiger partial charge is 0.416 e. The highest BCUT2D eigenvalue weighted by Crippen LogP contribution is 2.44. The first kappa shape index (κ1) is 24.6. The predicted molar refractivity (Wildman–Crippen MR) is 113 cm³/mol. The highest BCUT2D eigenvalue weighted by Gasteiger charge is 2.49. The Bertz CT molecular complexity index is 1240. The molecule has 2 unspecified atom stereocenters. The topological polar surface area (TPSA) is 47.6 Å². The predicted octanol–water partition coefficient (Wildman–Crippen LogP) is 6.64. The van der Waals surface area contributed by atoms with Gasteiger partial charge in [0.25, 0.3) is 5.91 Å². The molecule has 4 nitrogen and oxygen atoms in total. The molecular formula is C25H19F6NO3. The van der Waals surface area contributed by atoms with Crippen molar-refractivity contribution < 1.29 is 40.6 Å². The molecule has 0 radical (unpaired) electrons. The summed E-state index contributed by atoms with van der Waals surface area (Å²) in [7, 11) is 0. The minimum Gasteiger partial charge on any atom is -0.457 e. The van der Waals surface area contributed by atoms with Gasteiger partial charge < -0.3 is 14.8 Å². The van der Waals surface area contributed by atoms with Crippen molar-refractivity contribution >= 4 is 5.91 Å². The van der Waals surface area contributed by atoms with Gasteiger partial charge in [0.15, 0.2) is 5.72 Å². The molecular weight excluding hydrogens is 476 g/mol. The SMILES string of the molecule is CCC1OC(c2cccc(C(F)(F)F)c2)(c2ccccc2Oc2cccc(C(F)(F)F)c2)NC1=O. The molecule has 3 aromatic rings. The fraction of sp³-hybridized carbons (Fsp3) is 0.240. The van der Waals surface area contributed by atoms with Crippen LogP contribution in [0.25, 0.3) is 0 Å². The Balaban J connectivity index is 1.85. The quantitative estimate of drug-likeness (QED) is 0.404. The van der Waals surface area contributed by atoms with E-state index in [1.807, 2.05) is 0 Å². The lowest BCUT2D eigenvalue weighted by Gasteiger charge is -2.31. The van der Waals surface area contributed by atoms with Gasteiger partial charge in [0.05, 0.1) is 16.7 Å². The van der Waals surface area contributed by atoms with Gasteiger partial charge in [-0.05, 0) is 42.8 Å². The molecule has 35 heavy (non-hydrogen) atoms. The van der Waals surface area contributed by atoms with Crippen molar-refractivity contribution in [2.75, 3.05) is 0 Å². The molecule has 10 heteroatoms. The van der Waals surface area contributed by atoms with Crippen molar-refractivity contribution in [3.63, 3.8) is 0 Å². The van der Waals surface area contributed by atoms with E-state index in [9.17, 15) is 31.1 Å². The van der Waals surface area contributed by atoms with Gasteiger partial charge in [-0.1, -0.05) is 43.3 Å². The van der Waals surface area contributed by atoms with E-state index in [1.165, 1.54) is 36.4 Å². The number of halogens is 6. The molecule has 0 aliphatic carbocycles. The van der Waals surface area contributed by atoms with Gasteiger partial charge in [-0.3, -0.25) is 4.79 Å². The van der Waals surface area contributed by atoms with Crippen LogP contribution in [0.1, 0.15) is 35.6 Å². The minimum atomic E-state index is -4.65. The zero-order valence-electron chi connectivity index (χ0n) is 18.2. The zero-order chi connectivity index (χ0) is 25.4. The van der Waals surface area contributed by atoms with Gasteiger partial charge in [0.2, 0.25) is 0 Å². The van der Waals surface area contributed by atoms with E-state index < -0.39 is 41.2 Å². The second-order valence-electron chi connectivity index (χ2n) is 7.89. The summed E-state index contributed by atoms with van der Waals surface area (Å²) in [5, 5.41) is 2.65. The number of nitrogens with one attached hydrogen (secondary N) is 1. The van der Waals surface area contributed by atoms with Crippen LogP contribution in [0.5, 0.6) is 11.5 Å². The maximum absolute atomic E-state index is 13.5. The summed E-state index contributed by atoms with van der Waals surface area (Å²) in [4.78, 5) is 12.6. The van der Waals surface area contributed by atoms with Crippen molar-refractivity contribution in [2.24, 2.45) is 0 Å². The van der Waals surface area contributed by atoms with Gasteiger partial charge >= 0.3 is 12.4 Å². The summed E-state index contributed by atoms with van der Waals surface area (Å²) in [6.45, 7) is 1.68. The Hall–Kier alpha value is -3.53. The Morgan fingerprint density at radius 3 is 2.14 bits per heavy atom. The average molecular weight is 495 g/mol. The summed E-state index contributed by atoms with van der Waals surface area (Å²) < 4.78 is 91.6. The van der Waals surface area contributed by atoms with Gasteiger partial charge in [0, 0.05) is 5.56 Å². The fourth-order valence-corrected chi connectivity index (χ4v) is 3.87. The lowest BCUT2D eigenvalue weighted by molar-refractivity contribution is -0.138. The summed E-state index contributed by atoms with van der Waals surface area (Å²) in [5.41, 5.74) is -3.64. The molecule has 0 bridgehead atoms. The summed E-state index contributed by atoms with van der Waals surface area (Å²) in [6.07, 6.45) is -9.98. The summed E-state index contributed by atoms with van der Waals surface area (Å²) in [6, 6.07) is 14.5. The van der Waals surface area contributed by atoms with Gasteiger partial charge in [-0.15, -0.1) is 0 Å². The number of hydrogen-bond acceptors (Lipinski definition) is 3. The third-order valence-electron chi connectivity index (χ3n) is 5.53. The molecule has 0 saturated carbocycles. The molecule has 1 heterocycles. The number of carbonyl (C=O) groups is 1. The molecule has 0 spiro atoms. The standard InChI is InChI=1S/C25H19F6NO3/c1-2-20-22(33)32-23(35-20,15-7-5-8-16(13-15)24(26,27)28)19-11-3-4-12-21(19)34-18-10-6-9-17(14-18)25(29,30)31/h3-14,20H,2H2,1H3,(H,32,33). The van der Waals surface area contributed by atoms with E-state index in [1.54, 1.807) is 19.1 Å². The Kier molecular flexibility index (Phi) is 6.27. The van der Waals surface area contributed by atoms with Crippen LogP contribution in [0.4, 0.5) is 26.3 Å². The van der Waals surface area contributed by atoms with Crippen LogP contribution in [0, 0.1) is 0 Å². The van der Waals surface area contributed by atoms with Crippen molar-refractivity contribution in [1.29, 1.82) is 0 Å². The molecule has 1 aliphatic heterocycles. The van der Waals surface area contributed by atoms with E-state index in [-0.39, 0.29) is 29.0 Å². The van der Waals surface area contributed by atoms with E-state index in [0.717, 1.165) is 24.3 Å². The highest BCUT2D eigenvalue weighted by molar-refractivity contribution is 5.84. The average Bonchev–Trinajstić information content (AvgIpc) is 3.16. The van der Waals surface area contributed by atoms with E-state index in [2.05, 4.69) is 5.32 Å². The summed E-state index contributed by atoms with van der Waals surface area (Å²) >= 11 is 0. The van der Waals surface area contributed by atoms with Crippen molar-refractivity contribution in [2.45, 2.75) is 37.5 Å². The molecule has 184 valence electrons. The monoisotopic (exact) mass is 495 g/mol. The number of ether oxygens (including phenoxy) is 2. The first-order valence-corrected chi connectivity index (χ1v) is 10.6. The van der Waals surface area contributed by atoms with E-state index in [4.69, 9.17) is 9.47 Å². The van der Waals surface area contributed by atoms with Crippen LogP contribution in [-0.4, -0.2) is 12.0 Å². The molecule has 1 N–H and O–H groups in total. The number of hydrogen-bond donors (Lipinski definition) is 1. The second kappa shape index (κ2) is 8.92. The van der Waals surface area contributed by atoms with Crippen LogP contribution >= 0.6 is 0 Å². The molecule has 4 rings (SSSR count). The first-order valence-electron chi connectivity index (χ1n) is 10.6. The number of para-hydroxylation sites is 1. The molecule has 1 amide bonds. The van der Waals surface area contributed by atoms with E-state index in [0.29, 0.717) is 0 Å². The third kappa shape index (κ3) is 4.84. The van der Waals surface area contributed by atoms with Crippen LogP contribution in [0.2, 0.25) is 0 Å². The minimum absolute atomic E-state index is 0.00119. The number of amides is 1. The number of alkyl halides is 6. The van der Waals surface area contributed by atoms with Crippen LogP contribution in [0.15, 0.2) is 72.8 Å². The van der Waals surface area contributed by atoms with E-state index >= 15 is 0 Å². The molecule has 1 fully saturated rings.